The lowest BCUT2D eigenvalue weighted by atomic mass is 9.96. The SMILES string of the molecule is C[NH+]([NH-])O[NH+]([O-])C1CCCCC1. The van der Waals surface area contributed by atoms with Crippen LogP contribution in [-0.2, 0) is 4.94 Å². The molecule has 1 aliphatic carbocycles. The molecular weight excluding hydrogens is 158 g/mol. The number of rotatable bonds is 3. The number of quaternary nitrogens is 2. The molecule has 0 heterocycles. The summed E-state index contributed by atoms with van der Waals surface area (Å²) in [5, 5.41) is 11.0. The van der Waals surface area contributed by atoms with Gasteiger partial charge in [-0.1, -0.05) is 6.42 Å². The average molecular weight is 175 g/mol. The van der Waals surface area contributed by atoms with Gasteiger partial charge in [-0.05, 0) is 17.8 Å². The number of hydrogen-bond acceptors (Lipinski definition) is 2. The monoisotopic (exact) mass is 175 g/mol. The van der Waals surface area contributed by atoms with Crippen LogP contribution in [0, 0.1) is 5.21 Å². The third-order valence-electron chi connectivity index (χ3n) is 2.19. The van der Waals surface area contributed by atoms with Crippen molar-refractivity contribution in [3.8, 4) is 0 Å². The Labute approximate surface area is 72.5 Å². The van der Waals surface area contributed by atoms with Crippen LogP contribution in [0.5, 0.6) is 0 Å². The van der Waals surface area contributed by atoms with Crippen molar-refractivity contribution < 1.29 is 15.3 Å². The minimum absolute atomic E-state index is 0.00516. The molecule has 1 saturated carbocycles. The first-order chi connectivity index (χ1) is 5.70. The topological polar surface area (TPSA) is 65.0 Å². The zero-order valence-corrected chi connectivity index (χ0v) is 7.43. The molecular formula is C7H17N3O2. The van der Waals surface area contributed by atoms with E-state index >= 15 is 0 Å². The Morgan fingerprint density at radius 2 is 1.92 bits per heavy atom. The third kappa shape index (κ3) is 3.04. The molecule has 3 N–H and O–H groups in total. The second kappa shape index (κ2) is 4.74. The molecule has 5 heteroatoms. The van der Waals surface area contributed by atoms with Crippen molar-refractivity contribution in [1.29, 1.82) is 0 Å². The summed E-state index contributed by atoms with van der Waals surface area (Å²) in [6.45, 7) is 0. The van der Waals surface area contributed by atoms with Crippen molar-refractivity contribution in [3.63, 3.8) is 0 Å². The molecule has 0 bridgehead atoms. The minimum Gasteiger partial charge on any atom is -0.595 e. The first-order valence-electron chi connectivity index (χ1n) is 4.47. The normalized spacial score (nSPS) is 25.2. The Morgan fingerprint density at radius 3 is 2.42 bits per heavy atom. The fourth-order valence-corrected chi connectivity index (χ4v) is 1.57. The van der Waals surface area contributed by atoms with E-state index < -0.39 is 0 Å². The summed E-state index contributed by atoms with van der Waals surface area (Å²) >= 11 is 0. The molecule has 72 valence electrons. The second-order valence-corrected chi connectivity index (χ2v) is 3.31. The summed E-state index contributed by atoms with van der Waals surface area (Å²) < 4.78 is 0. The summed E-state index contributed by atoms with van der Waals surface area (Å²) in [4.78, 5) is 4.73. The van der Waals surface area contributed by atoms with Crippen LogP contribution in [0.4, 0.5) is 0 Å². The molecule has 0 radical (unpaired) electrons. The maximum Gasteiger partial charge on any atom is 0.122 e. The van der Waals surface area contributed by atoms with Gasteiger partial charge in [0, 0.05) is 12.8 Å². The molecule has 1 rings (SSSR count). The average Bonchev–Trinajstić information content (AvgIpc) is 2.05. The van der Waals surface area contributed by atoms with Gasteiger partial charge >= 0.3 is 0 Å². The van der Waals surface area contributed by atoms with E-state index in [-0.39, 0.29) is 16.4 Å². The number of hydroxylamine groups is 3. The molecule has 12 heavy (non-hydrogen) atoms. The quantitative estimate of drug-likeness (QED) is 0.542. The van der Waals surface area contributed by atoms with E-state index in [0.29, 0.717) is 0 Å². The summed E-state index contributed by atoms with van der Waals surface area (Å²) in [6.07, 6.45) is 5.35. The molecule has 5 nitrogen and oxygen atoms in total. The van der Waals surface area contributed by atoms with Crippen LogP contribution in [0.1, 0.15) is 32.1 Å². The van der Waals surface area contributed by atoms with Crippen molar-refractivity contribution >= 4 is 0 Å². The molecule has 0 saturated heterocycles. The molecule has 1 aliphatic rings. The summed E-state index contributed by atoms with van der Waals surface area (Å²) in [6, 6.07) is 0.0547. The highest BCUT2D eigenvalue weighted by Gasteiger charge is 2.21. The van der Waals surface area contributed by atoms with E-state index in [0.717, 1.165) is 25.7 Å². The van der Waals surface area contributed by atoms with Crippen LogP contribution >= 0.6 is 0 Å². The molecule has 1 fully saturated rings. The predicted molar refractivity (Wildman–Crippen MR) is 43.5 cm³/mol. The van der Waals surface area contributed by atoms with Gasteiger partial charge in [0.1, 0.15) is 6.04 Å². The second-order valence-electron chi connectivity index (χ2n) is 3.31. The zero-order valence-electron chi connectivity index (χ0n) is 7.43. The maximum absolute atomic E-state index is 11.2. The lowest BCUT2D eigenvalue weighted by molar-refractivity contribution is -1.31. The van der Waals surface area contributed by atoms with Crippen LogP contribution in [0.15, 0.2) is 0 Å². The molecule has 0 aliphatic heterocycles. The van der Waals surface area contributed by atoms with Gasteiger partial charge in [0.05, 0.1) is 7.05 Å². The molecule has 2 atom stereocenters. The summed E-state index contributed by atoms with van der Waals surface area (Å²) in [5.74, 6) is 7.00. The van der Waals surface area contributed by atoms with Crippen molar-refractivity contribution in [2.24, 2.45) is 0 Å². The largest absolute Gasteiger partial charge is 0.595 e. The van der Waals surface area contributed by atoms with Crippen LogP contribution in [0.3, 0.4) is 0 Å². The van der Waals surface area contributed by atoms with Crippen molar-refractivity contribution in [2.75, 3.05) is 7.05 Å². The van der Waals surface area contributed by atoms with Gasteiger partial charge < -0.3 is 11.0 Å². The van der Waals surface area contributed by atoms with Crippen molar-refractivity contribution in [2.45, 2.75) is 38.1 Å². The molecule has 0 aromatic heterocycles. The fourth-order valence-electron chi connectivity index (χ4n) is 1.57. The lowest BCUT2D eigenvalue weighted by Crippen LogP contribution is -3.25. The van der Waals surface area contributed by atoms with E-state index in [2.05, 4.69) is 0 Å². The van der Waals surface area contributed by atoms with Gasteiger partial charge in [-0.25, -0.2) is 5.17 Å². The molecule has 0 spiro atoms. The van der Waals surface area contributed by atoms with Crippen LogP contribution in [0.2, 0.25) is 0 Å². The van der Waals surface area contributed by atoms with Crippen molar-refractivity contribution in [1.82, 2.24) is 0 Å². The Hall–Kier alpha value is -0.200. The Morgan fingerprint density at radius 1 is 1.33 bits per heavy atom. The zero-order chi connectivity index (χ0) is 8.97. The van der Waals surface area contributed by atoms with E-state index in [1.54, 1.807) is 0 Å². The number of nitrogens with one attached hydrogen (secondary N) is 3. The van der Waals surface area contributed by atoms with Crippen LogP contribution in [-0.4, -0.2) is 13.1 Å². The molecule has 0 aromatic rings. The highest BCUT2D eigenvalue weighted by molar-refractivity contribution is 4.62. The van der Waals surface area contributed by atoms with Gasteiger partial charge in [0.25, 0.3) is 0 Å². The van der Waals surface area contributed by atoms with E-state index in [4.69, 9.17) is 10.8 Å². The van der Waals surface area contributed by atoms with Gasteiger partial charge in [-0.15, -0.1) is 0 Å². The highest BCUT2D eigenvalue weighted by Crippen LogP contribution is 2.14. The van der Waals surface area contributed by atoms with E-state index in [1.165, 1.54) is 13.5 Å². The molecule has 2 unspecified atom stereocenters. The van der Waals surface area contributed by atoms with E-state index in [1.807, 2.05) is 0 Å². The van der Waals surface area contributed by atoms with Crippen LogP contribution < -0.4 is 10.4 Å². The Kier molecular flexibility index (Phi) is 3.90. The molecule has 0 aromatic carbocycles. The van der Waals surface area contributed by atoms with Crippen molar-refractivity contribution in [3.05, 3.63) is 11.0 Å². The fraction of sp³-hybridized carbons (Fsp3) is 1.00. The first kappa shape index (κ1) is 9.88. The van der Waals surface area contributed by atoms with Gasteiger partial charge in [0.15, 0.2) is 0 Å². The number of hydrogen-bond donors (Lipinski definition) is 2. The molecule has 0 amide bonds. The first-order valence-corrected chi connectivity index (χ1v) is 4.47. The predicted octanol–water partition coefficient (Wildman–Crippen LogP) is -0.970. The third-order valence-corrected chi connectivity index (χ3v) is 2.19. The van der Waals surface area contributed by atoms with Gasteiger partial charge in [0.2, 0.25) is 0 Å². The summed E-state index contributed by atoms with van der Waals surface area (Å²) in [7, 11) is 1.49. The standard InChI is InChI=1S/C7H17N3O2/c1-9(8)12-10(11)7-5-3-2-4-6-7/h7-10H,2-6H2,1H3. The highest BCUT2D eigenvalue weighted by atomic mass is 17.0. The smallest absolute Gasteiger partial charge is 0.122 e. The lowest BCUT2D eigenvalue weighted by Gasteiger charge is -2.31. The Balaban J connectivity index is 2.24. The summed E-state index contributed by atoms with van der Waals surface area (Å²) in [5.41, 5.74) is 0. The van der Waals surface area contributed by atoms with E-state index in [9.17, 15) is 5.21 Å². The Bertz CT molecular complexity index is 126. The maximum atomic E-state index is 11.2. The van der Waals surface area contributed by atoms with Gasteiger partial charge in [-0.2, -0.15) is 5.23 Å². The van der Waals surface area contributed by atoms with Gasteiger partial charge in [-0.3, -0.25) is 0 Å². The van der Waals surface area contributed by atoms with Crippen LogP contribution in [0.25, 0.3) is 5.84 Å². The minimum atomic E-state index is -0.206.